The van der Waals surface area contributed by atoms with E-state index in [1.165, 1.54) is 29.2 Å². The van der Waals surface area contributed by atoms with Crippen LogP contribution < -0.4 is 15.1 Å². The first-order valence-corrected chi connectivity index (χ1v) is 15.1. The fourth-order valence-corrected chi connectivity index (χ4v) is 5.83. The highest BCUT2D eigenvalue weighted by Gasteiger charge is 2.39. The van der Waals surface area contributed by atoms with Crippen LogP contribution >= 0.6 is 0 Å². The number of carbonyl (C=O) groups is 4. The average molecular weight is 621 g/mol. The van der Waals surface area contributed by atoms with Crippen molar-refractivity contribution in [2.75, 3.05) is 48.0 Å². The van der Waals surface area contributed by atoms with Crippen molar-refractivity contribution in [3.05, 3.63) is 125 Å². The molecule has 4 aromatic rings. The number of fused-ring (bicyclic) bond motifs is 1. The Morgan fingerprint density at radius 1 is 0.891 bits per heavy atom. The van der Waals surface area contributed by atoms with Gasteiger partial charge in [0.05, 0.1) is 24.5 Å². The minimum atomic E-state index is -1.20. The summed E-state index contributed by atoms with van der Waals surface area (Å²) in [4.78, 5) is 58.9. The number of halogens is 1. The fourth-order valence-electron chi connectivity index (χ4n) is 5.83. The predicted molar refractivity (Wildman–Crippen MR) is 172 cm³/mol. The third kappa shape index (κ3) is 6.38. The molecule has 1 fully saturated rings. The SMILES string of the molecule is Cc1ccccc1CN(C(=O)CN1C(=O)C(=O)c2ccccc21)C(C(=O)Nc1ccc(N2CCOCC2)cc1)c1ccc(F)cc1. The van der Waals surface area contributed by atoms with Gasteiger partial charge in [0.1, 0.15) is 18.4 Å². The van der Waals surface area contributed by atoms with Gasteiger partial charge in [0.25, 0.3) is 17.6 Å². The zero-order valence-corrected chi connectivity index (χ0v) is 25.3. The summed E-state index contributed by atoms with van der Waals surface area (Å²) in [7, 11) is 0. The van der Waals surface area contributed by atoms with Crippen LogP contribution in [0.1, 0.15) is 33.1 Å². The minimum absolute atomic E-state index is 0.0224. The predicted octanol–water partition coefficient (Wildman–Crippen LogP) is 4.91. The van der Waals surface area contributed by atoms with Crippen molar-refractivity contribution >= 4 is 40.6 Å². The monoisotopic (exact) mass is 620 g/mol. The summed E-state index contributed by atoms with van der Waals surface area (Å²) in [5.41, 5.74) is 4.15. The molecule has 0 aliphatic carbocycles. The molecule has 2 aliphatic rings. The molecule has 1 unspecified atom stereocenters. The number of hydrogen-bond donors (Lipinski definition) is 1. The number of amides is 3. The van der Waals surface area contributed by atoms with Crippen LogP contribution in [0.3, 0.4) is 0 Å². The van der Waals surface area contributed by atoms with Gasteiger partial charge in [0, 0.05) is 31.0 Å². The van der Waals surface area contributed by atoms with E-state index in [1.54, 1.807) is 36.4 Å². The molecule has 2 heterocycles. The Balaban J connectivity index is 1.34. The van der Waals surface area contributed by atoms with E-state index >= 15 is 0 Å². The molecule has 1 saturated heterocycles. The second-order valence-corrected chi connectivity index (χ2v) is 11.3. The van der Waals surface area contributed by atoms with Crippen LogP contribution in [-0.4, -0.2) is 61.3 Å². The molecule has 9 nitrogen and oxygen atoms in total. The number of ketones is 1. The zero-order valence-electron chi connectivity index (χ0n) is 25.3. The highest BCUT2D eigenvalue weighted by Crippen LogP contribution is 2.31. The standard InChI is InChI=1S/C36H33FN4O5/c1-24-6-2-3-7-26(24)22-41(32(42)23-40-31-9-5-4-8-30(31)34(43)36(40)45)33(25-10-12-27(37)13-11-25)35(44)38-28-14-16-29(17-15-28)39-18-20-46-21-19-39/h2-17,33H,18-23H2,1H3,(H,38,44). The number of rotatable bonds is 9. The van der Waals surface area contributed by atoms with E-state index in [2.05, 4.69) is 10.2 Å². The summed E-state index contributed by atoms with van der Waals surface area (Å²) < 4.78 is 19.5. The second-order valence-electron chi connectivity index (χ2n) is 11.3. The number of anilines is 3. The normalized spacial score (nSPS) is 15.0. The lowest BCUT2D eigenvalue weighted by atomic mass is 10.0. The maximum atomic E-state index is 14.3. The zero-order chi connectivity index (χ0) is 32.2. The van der Waals surface area contributed by atoms with Crippen molar-refractivity contribution in [1.29, 1.82) is 0 Å². The smallest absolute Gasteiger partial charge is 0.299 e. The second kappa shape index (κ2) is 13.3. The highest BCUT2D eigenvalue weighted by molar-refractivity contribution is 6.52. The molecule has 1 atom stereocenters. The van der Waals surface area contributed by atoms with E-state index in [0.717, 1.165) is 34.8 Å². The lowest BCUT2D eigenvalue weighted by molar-refractivity contribution is -0.139. The fraction of sp³-hybridized carbons (Fsp3) is 0.222. The van der Waals surface area contributed by atoms with E-state index in [4.69, 9.17) is 4.74 Å². The number of hydrogen-bond acceptors (Lipinski definition) is 6. The number of benzene rings is 4. The Morgan fingerprint density at radius 3 is 2.28 bits per heavy atom. The number of ether oxygens (including phenoxy) is 1. The molecule has 4 aromatic carbocycles. The molecule has 3 amide bonds. The lowest BCUT2D eigenvalue weighted by Crippen LogP contribution is -2.46. The molecular weight excluding hydrogens is 587 g/mol. The van der Waals surface area contributed by atoms with Crippen LogP contribution in [0, 0.1) is 12.7 Å². The Hall–Kier alpha value is -5.35. The molecule has 1 N–H and O–H groups in total. The Bertz CT molecular complexity index is 1770. The van der Waals surface area contributed by atoms with E-state index in [9.17, 15) is 23.6 Å². The molecule has 234 valence electrons. The maximum Gasteiger partial charge on any atom is 0.299 e. The molecular formula is C36H33FN4O5. The van der Waals surface area contributed by atoms with E-state index < -0.39 is 41.9 Å². The van der Waals surface area contributed by atoms with Gasteiger partial charge in [-0.1, -0.05) is 48.5 Å². The lowest BCUT2D eigenvalue weighted by Gasteiger charge is -2.33. The van der Waals surface area contributed by atoms with Crippen molar-refractivity contribution in [2.24, 2.45) is 0 Å². The first-order valence-electron chi connectivity index (χ1n) is 15.1. The summed E-state index contributed by atoms with van der Waals surface area (Å²) in [6.45, 7) is 4.28. The minimum Gasteiger partial charge on any atom is -0.378 e. The molecule has 0 aromatic heterocycles. The summed E-state index contributed by atoms with van der Waals surface area (Å²) in [6.07, 6.45) is 0. The summed E-state index contributed by atoms with van der Waals surface area (Å²) in [5, 5.41) is 2.94. The quantitative estimate of drug-likeness (QED) is 0.267. The van der Waals surface area contributed by atoms with E-state index in [1.807, 2.05) is 43.3 Å². The van der Waals surface area contributed by atoms with Crippen molar-refractivity contribution in [3.8, 4) is 0 Å². The largest absolute Gasteiger partial charge is 0.378 e. The number of nitrogens with zero attached hydrogens (tertiary/aromatic N) is 3. The number of Topliss-reactive ketones (excluding diaryl/α,β-unsaturated/α-hetero) is 1. The van der Waals surface area contributed by atoms with Gasteiger partial charge in [-0.3, -0.25) is 24.1 Å². The molecule has 0 bridgehead atoms. The van der Waals surface area contributed by atoms with Gasteiger partial charge < -0.3 is 19.9 Å². The number of para-hydroxylation sites is 1. The molecule has 2 aliphatic heterocycles. The summed E-state index contributed by atoms with van der Waals surface area (Å²) in [6, 6.07) is 25.6. The Kier molecular flexibility index (Phi) is 8.89. The molecule has 0 radical (unpaired) electrons. The van der Waals surface area contributed by atoms with Gasteiger partial charge in [0.15, 0.2) is 0 Å². The Labute approximate surface area is 266 Å². The van der Waals surface area contributed by atoms with Crippen LogP contribution in [-0.2, 0) is 25.7 Å². The topological polar surface area (TPSA) is 99.3 Å². The van der Waals surface area contributed by atoms with Crippen LogP contribution in [0.2, 0.25) is 0 Å². The van der Waals surface area contributed by atoms with Crippen LogP contribution in [0.25, 0.3) is 0 Å². The van der Waals surface area contributed by atoms with Crippen molar-refractivity contribution in [2.45, 2.75) is 19.5 Å². The van der Waals surface area contributed by atoms with Crippen molar-refractivity contribution in [1.82, 2.24) is 4.90 Å². The van der Waals surface area contributed by atoms with Gasteiger partial charge >= 0.3 is 0 Å². The van der Waals surface area contributed by atoms with Crippen molar-refractivity contribution in [3.63, 3.8) is 0 Å². The number of carbonyl (C=O) groups excluding carboxylic acids is 4. The van der Waals surface area contributed by atoms with Gasteiger partial charge in [-0.15, -0.1) is 0 Å². The first kappa shape index (κ1) is 30.7. The van der Waals surface area contributed by atoms with Crippen LogP contribution in [0.5, 0.6) is 0 Å². The summed E-state index contributed by atoms with van der Waals surface area (Å²) in [5.74, 6) is -3.07. The van der Waals surface area contributed by atoms with Gasteiger partial charge in [0.2, 0.25) is 5.91 Å². The molecule has 46 heavy (non-hydrogen) atoms. The Morgan fingerprint density at radius 2 is 1.57 bits per heavy atom. The van der Waals surface area contributed by atoms with Gasteiger partial charge in [-0.05, 0) is 72.1 Å². The van der Waals surface area contributed by atoms with E-state index in [0.29, 0.717) is 30.2 Å². The third-order valence-electron chi connectivity index (χ3n) is 8.35. The van der Waals surface area contributed by atoms with Gasteiger partial charge in [-0.25, -0.2) is 4.39 Å². The summed E-state index contributed by atoms with van der Waals surface area (Å²) >= 11 is 0. The van der Waals surface area contributed by atoms with Crippen molar-refractivity contribution < 1.29 is 28.3 Å². The van der Waals surface area contributed by atoms with E-state index in [-0.39, 0.29) is 12.1 Å². The number of morpholine rings is 1. The van der Waals surface area contributed by atoms with Crippen LogP contribution in [0.4, 0.5) is 21.5 Å². The molecule has 6 rings (SSSR count). The van der Waals surface area contributed by atoms with Crippen LogP contribution in [0.15, 0.2) is 97.1 Å². The average Bonchev–Trinajstić information content (AvgIpc) is 3.31. The highest BCUT2D eigenvalue weighted by atomic mass is 19.1. The number of nitrogens with one attached hydrogen (secondary N) is 1. The molecule has 0 saturated carbocycles. The molecule has 10 heteroatoms. The molecule has 0 spiro atoms. The maximum absolute atomic E-state index is 14.3. The number of aryl methyl sites for hydroxylation is 1. The first-order chi connectivity index (χ1) is 22.3. The van der Waals surface area contributed by atoms with Gasteiger partial charge in [-0.2, -0.15) is 0 Å². The third-order valence-corrected chi connectivity index (χ3v) is 8.35.